The quantitative estimate of drug-likeness (QED) is 0.782. The highest BCUT2D eigenvalue weighted by Crippen LogP contribution is 2.16. The van der Waals surface area contributed by atoms with Crippen molar-refractivity contribution in [1.29, 1.82) is 0 Å². The van der Waals surface area contributed by atoms with Gasteiger partial charge in [0.1, 0.15) is 0 Å². The SMILES string of the molecule is COC(=O)c1n[nH]cc1NC(=O)c1cccc(CN2CCN(C)CC2)c1. The van der Waals surface area contributed by atoms with Crippen LogP contribution in [0.25, 0.3) is 0 Å². The summed E-state index contributed by atoms with van der Waals surface area (Å²) in [6.45, 7) is 4.96. The second-order valence-corrected chi connectivity index (χ2v) is 6.37. The standard InChI is InChI=1S/C18H23N5O3/c1-22-6-8-23(9-7-22)12-13-4-3-5-14(10-13)17(24)20-15-11-19-21-16(15)18(25)26-2/h3-5,10-11H,6-9,12H2,1-2H3,(H,19,21)(H,20,24). The van der Waals surface area contributed by atoms with Gasteiger partial charge in [0.05, 0.1) is 12.8 Å². The Balaban J connectivity index is 1.67. The van der Waals surface area contributed by atoms with Crippen LogP contribution < -0.4 is 5.32 Å². The Labute approximate surface area is 152 Å². The van der Waals surface area contributed by atoms with Gasteiger partial charge in [0, 0.05) is 44.5 Å². The first-order chi connectivity index (χ1) is 12.6. The predicted molar refractivity (Wildman–Crippen MR) is 97.1 cm³/mol. The molecule has 1 fully saturated rings. The zero-order valence-electron chi connectivity index (χ0n) is 15.0. The number of carbonyl (C=O) groups excluding carboxylic acids is 2. The Bertz CT molecular complexity index is 781. The molecule has 0 aliphatic carbocycles. The summed E-state index contributed by atoms with van der Waals surface area (Å²) in [5.41, 5.74) is 1.97. The zero-order chi connectivity index (χ0) is 18.5. The number of aromatic nitrogens is 2. The van der Waals surface area contributed by atoms with Crippen LogP contribution in [0.15, 0.2) is 30.5 Å². The fraction of sp³-hybridized carbons (Fsp3) is 0.389. The first kappa shape index (κ1) is 18.1. The number of hydrogen-bond acceptors (Lipinski definition) is 6. The molecule has 1 aromatic heterocycles. The Morgan fingerprint density at radius 1 is 1.27 bits per heavy atom. The van der Waals surface area contributed by atoms with Crippen LogP contribution in [-0.2, 0) is 11.3 Å². The Morgan fingerprint density at radius 3 is 2.77 bits per heavy atom. The highest BCUT2D eigenvalue weighted by atomic mass is 16.5. The molecule has 1 saturated heterocycles. The number of methoxy groups -OCH3 is 1. The van der Waals surface area contributed by atoms with Gasteiger partial charge < -0.3 is 15.0 Å². The molecular formula is C18H23N5O3. The number of nitrogens with zero attached hydrogens (tertiary/aromatic N) is 3. The van der Waals surface area contributed by atoms with Crippen molar-refractivity contribution in [2.45, 2.75) is 6.54 Å². The van der Waals surface area contributed by atoms with Crippen molar-refractivity contribution in [3.63, 3.8) is 0 Å². The number of ether oxygens (including phenoxy) is 1. The Hall–Kier alpha value is -2.71. The first-order valence-electron chi connectivity index (χ1n) is 8.50. The lowest BCUT2D eigenvalue weighted by molar-refractivity contribution is 0.0595. The van der Waals surface area contributed by atoms with Crippen molar-refractivity contribution in [1.82, 2.24) is 20.0 Å². The highest BCUT2D eigenvalue weighted by molar-refractivity contribution is 6.07. The van der Waals surface area contributed by atoms with E-state index in [-0.39, 0.29) is 11.6 Å². The molecule has 0 unspecified atom stereocenters. The third-order valence-electron chi connectivity index (χ3n) is 4.46. The van der Waals surface area contributed by atoms with E-state index < -0.39 is 5.97 Å². The summed E-state index contributed by atoms with van der Waals surface area (Å²) in [7, 11) is 3.39. The van der Waals surface area contributed by atoms with Gasteiger partial charge in [0.25, 0.3) is 5.91 Å². The zero-order valence-corrected chi connectivity index (χ0v) is 15.0. The second kappa shape index (κ2) is 8.11. The van der Waals surface area contributed by atoms with E-state index in [9.17, 15) is 9.59 Å². The second-order valence-electron chi connectivity index (χ2n) is 6.37. The van der Waals surface area contributed by atoms with E-state index in [0.717, 1.165) is 38.3 Å². The number of rotatable bonds is 5. The molecule has 0 bridgehead atoms. The number of H-pyrrole nitrogens is 1. The van der Waals surface area contributed by atoms with Crippen LogP contribution in [0, 0.1) is 0 Å². The van der Waals surface area contributed by atoms with Crippen LogP contribution in [0.3, 0.4) is 0 Å². The number of anilines is 1. The van der Waals surface area contributed by atoms with Crippen LogP contribution in [0.5, 0.6) is 0 Å². The van der Waals surface area contributed by atoms with Crippen LogP contribution in [0.1, 0.15) is 26.4 Å². The van der Waals surface area contributed by atoms with E-state index in [1.165, 1.54) is 13.3 Å². The van der Waals surface area contributed by atoms with Gasteiger partial charge >= 0.3 is 5.97 Å². The van der Waals surface area contributed by atoms with Crippen molar-refractivity contribution >= 4 is 17.6 Å². The van der Waals surface area contributed by atoms with Crippen molar-refractivity contribution in [2.24, 2.45) is 0 Å². The molecule has 1 aliphatic rings. The summed E-state index contributed by atoms with van der Waals surface area (Å²) in [6.07, 6.45) is 1.46. The number of carbonyl (C=O) groups is 2. The summed E-state index contributed by atoms with van der Waals surface area (Å²) in [6, 6.07) is 7.52. The van der Waals surface area contributed by atoms with E-state index in [4.69, 9.17) is 0 Å². The van der Waals surface area contributed by atoms with E-state index >= 15 is 0 Å². The number of hydrogen-bond donors (Lipinski definition) is 2. The van der Waals surface area contributed by atoms with Gasteiger partial charge in [0.15, 0.2) is 5.69 Å². The number of likely N-dealkylation sites (N-methyl/N-ethyl adjacent to an activating group) is 1. The molecule has 1 aromatic carbocycles. The molecule has 8 heteroatoms. The van der Waals surface area contributed by atoms with E-state index in [1.807, 2.05) is 18.2 Å². The molecule has 2 N–H and O–H groups in total. The van der Waals surface area contributed by atoms with Gasteiger partial charge in [0.2, 0.25) is 0 Å². The maximum absolute atomic E-state index is 12.5. The first-order valence-corrected chi connectivity index (χ1v) is 8.50. The lowest BCUT2D eigenvalue weighted by atomic mass is 10.1. The fourth-order valence-electron chi connectivity index (χ4n) is 2.91. The average molecular weight is 357 g/mol. The number of benzene rings is 1. The molecule has 3 rings (SSSR count). The van der Waals surface area contributed by atoms with Crippen LogP contribution >= 0.6 is 0 Å². The van der Waals surface area contributed by atoms with Gasteiger partial charge in [-0.3, -0.25) is 14.8 Å². The lowest BCUT2D eigenvalue weighted by Crippen LogP contribution is -2.43. The molecule has 1 aliphatic heterocycles. The summed E-state index contributed by atoms with van der Waals surface area (Å²) in [4.78, 5) is 28.9. The lowest BCUT2D eigenvalue weighted by Gasteiger charge is -2.32. The van der Waals surface area contributed by atoms with Crippen molar-refractivity contribution in [3.05, 3.63) is 47.3 Å². The summed E-state index contributed by atoms with van der Waals surface area (Å²) < 4.78 is 4.65. The maximum atomic E-state index is 12.5. The van der Waals surface area contributed by atoms with E-state index in [0.29, 0.717) is 11.3 Å². The van der Waals surface area contributed by atoms with Crippen LogP contribution in [0.2, 0.25) is 0 Å². The van der Waals surface area contributed by atoms with Gasteiger partial charge in [-0.15, -0.1) is 0 Å². The van der Waals surface area contributed by atoms with Crippen molar-refractivity contribution in [3.8, 4) is 0 Å². The maximum Gasteiger partial charge on any atom is 0.360 e. The molecule has 1 amide bonds. The number of esters is 1. The van der Waals surface area contributed by atoms with Gasteiger partial charge in [-0.2, -0.15) is 5.10 Å². The fourth-order valence-corrected chi connectivity index (χ4v) is 2.91. The van der Waals surface area contributed by atoms with E-state index in [2.05, 4.69) is 37.1 Å². The van der Waals surface area contributed by atoms with Gasteiger partial charge in [-0.25, -0.2) is 4.79 Å². The Morgan fingerprint density at radius 2 is 2.04 bits per heavy atom. The van der Waals surface area contributed by atoms with Gasteiger partial charge in [-0.05, 0) is 24.7 Å². The molecule has 0 atom stereocenters. The van der Waals surface area contributed by atoms with Crippen molar-refractivity contribution in [2.75, 3.05) is 45.7 Å². The minimum atomic E-state index is -0.606. The largest absolute Gasteiger partial charge is 0.464 e. The summed E-state index contributed by atoms with van der Waals surface area (Å²) in [5.74, 6) is -0.901. The number of nitrogens with one attached hydrogen (secondary N) is 2. The number of aromatic amines is 1. The minimum Gasteiger partial charge on any atom is -0.464 e. The third kappa shape index (κ3) is 4.27. The third-order valence-corrected chi connectivity index (χ3v) is 4.46. The van der Waals surface area contributed by atoms with Crippen LogP contribution in [-0.4, -0.2) is 72.2 Å². The molecule has 138 valence electrons. The molecule has 0 saturated carbocycles. The molecule has 0 radical (unpaired) electrons. The topological polar surface area (TPSA) is 90.6 Å². The highest BCUT2D eigenvalue weighted by Gasteiger charge is 2.18. The molecule has 2 heterocycles. The number of piperazine rings is 1. The average Bonchev–Trinajstić information content (AvgIpc) is 3.11. The van der Waals surface area contributed by atoms with Crippen molar-refractivity contribution < 1.29 is 14.3 Å². The summed E-state index contributed by atoms with van der Waals surface area (Å²) in [5, 5.41) is 9.08. The molecule has 8 nitrogen and oxygen atoms in total. The molecule has 2 aromatic rings. The van der Waals surface area contributed by atoms with Gasteiger partial charge in [-0.1, -0.05) is 12.1 Å². The number of amides is 1. The Kier molecular flexibility index (Phi) is 5.65. The predicted octanol–water partition coefficient (Wildman–Crippen LogP) is 1.20. The minimum absolute atomic E-state index is 0.0504. The smallest absolute Gasteiger partial charge is 0.360 e. The molecule has 0 spiro atoms. The summed E-state index contributed by atoms with van der Waals surface area (Å²) >= 11 is 0. The molecular weight excluding hydrogens is 334 g/mol. The molecule has 26 heavy (non-hydrogen) atoms. The monoisotopic (exact) mass is 357 g/mol. The normalized spacial score (nSPS) is 15.6. The van der Waals surface area contributed by atoms with Crippen LogP contribution in [0.4, 0.5) is 5.69 Å². The van der Waals surface area contributed by atoms with E-state index in [1.54, 1.807) is 6.07 Å².